The van der Waals surface area contributed by atoms with Gasteiger partial charge in [-0.3, -0.25) is 4.79 Å². The molecule has 0 aliphatic heterocycles. The number of fused-ring (bicyclic) bond motifs is 3. The third-order valence-corrected chi connectivity index (χ3v) is 4.38. The molecule has 0 saturated heterocycles. The van der Waals surface area contributed by atoms with E-state index in [0.29, 0.717) is 17.4 Å². The summed E-state index contributed by atoms with van der Waals surface area (Å²) < 4.78 is 2.04. The highest BCUT2D eigenvalue weighted by Crippen LogP contribution is 2.29. The predicted octanol–water partition coefficient (Wildman–Crippen LogP) is 1.60. The molecule has 28 heavy (non-hydrogen) atoms. The number of hydrogen-bond donors (Lipinski definition) is 3. The second-order valence-electron chi connectivity index (χ2n) is 6.23. The molecule has 2 aromatic heterocycles. The van der Waals surface area contributed by atoms with E-state index in [1.807, 2.05) is 34.9 Å². The van der Waals surface area contributed by atoms with Crippen molar-refractivity contribution >= 4 is 39.6 Å². The lowest BCUT2D eigenvalue weighted by molar-refractivity contribution is -0.121. The van der Waals surface area contributed by atoms with Crippen LogP contribution in [0, 0.1) is 4.91 Å². The Morgan fingerprint density at radius 2 is 1.93 bits per heavy atom. The second-order valence-corrected chi connectivity index (χ2v) is 6.23. The number of amides is 3. The molecule has 0 radical (unpaired) electrons. The van der Waals surface area contributed by atoms with Crippen molar-refractivity contribution in [1.29, 1.82) is 0 Å². The molecule has 4 N–H and O–H groups in total. The first-order valence-electron chi connectivity index (χ1n) is 8.75. The van der Waals surface area contributed by atoms with Crippen LogP contribution in [0.3, 0.4) is 0 Å². The minimum atomic E-state index is -0.624. The van der Waals surface area contributed by atoms with Crippen molar-refractivity contribution < 1.29 is 9.59 Å². The van der Waals surface area contributed by atoms with Crippen molar-refractivity contribution in [2.24, 2.45) is 5.29 Å². The summed E-state index contributed by atoms with van der Waals surface area (Å²) in [6, 6.07) is 9.13. The standard InChI is InChI=1S/C18H21N7O3/c1-24(23-28)18(27)21-8-7-20-17(26)6-9-25-14-5-3-2-4-12(14)13-10-16(19)22-11-15(13)25/h2-5,10-11H,6-9H2,1H3,(H2,19,22)(H,20,26)(H,21,27). The maximum absolute atomic E-state index is 12.1. The molecule has 0 aliphatic rings. The number of carbonyl (C=O) groups is 2. The number of hydrogen-bond acceptors (Lipinski definition) is 6. The SMILES string of the molecule is CN(N=O)C(=O)NCCNC(=O)CCn1c2ccccc2c2cc(N)ncc21. The Kier molecular flexibility index (Phi) is 5.68. The number of pyridine rings is 1. The fraction of sp³-hybridized carbons (Fsp3) is 0.278. The monoisotopic (exact) mass is 383 g/mol. The average molecular weight is 383 g/mol. The van der Waals surface area contributed by atoms with E-state index in [2.05, 4.69) is 20.9 Å². The largest absolute Gasteiger partial charge is 0.384 e. The number of nitrogen functional groups attached to an aromatic ring is 1. The molecule has 0 atom stereocenters. The highest BCUT2D eigenvalue weighted by Gasteiger charge is 2.12. The van der Waals surface area contributed by atoms with Crippen LogP contribution in [0.5, 0.6) is 0 Å². The third-order valence-electron chi connectivity index (χ3n) is 4.38. The van der Waals surface area contributed by atoms with Crippen LogP contribution in [0.1, 0.15) is 6.42 Å². The first kappa shape index (κ1) is 19.1. The summed E-state index contributed by atoms with van der Waals surface area (Å²) in [5.74, 6) is 0.302. The number of carbonyl (C=O) groups excluding carboxylic acids is 2. The molecule has 3 rings (SSSR count). The minimum absolute atomic E-state index is 0.148. The van der Waals surface area contributed by atoms with Gasteiger partial charge in [0.1, 0.15) is 5.82 Å². The smallest absolute Gasteiger partial charge is 0.340 e. The lowest BCUT2D eigenvalue weighted by Gasteiger charge is -2.10. The molecule has 0 spiro atoms. The van der Waals surface area contributed by atoms with Crippen molar-refractivity contribution in [1.82, 2.24) is 25.2 Å². The summed E-state index contributed by atoms with van der Waals surface area (Å²) >= 11 is 0. The van der Waals surface area contributed by atoms with Gasteiger partial charge in [-0.25, -0.2) is 9.78 Å². The number of nitrogens with two attached hydrogens (primary N) is 1. The molecule has 10 heteroatoms. The van der Waals surface area contributed by atoms with Crippen molar-refractivity contribution in [2.45, 2.75) is 13.0 Å². The van der Waals surface area contributed by atoms with Crippen LogP contribution in [0.25, 0.3) is 21.8 Å². The molecule has 0 unspecified atom stereocenters. The van der Waals surface area contributed by atoms with Crippen molar-refractivity contribution in [3.05, 3.63) is 41.4 Å². The zero-order valence-corrected chi connectivity index (χ0v) is 15.4. The Balaban J connectivity index is 1.61. The van der Waals surface area contributed by atoms with Gasteiger partial charge in [0.25, 0.3) is 0 Å². The van der Waals surface area contributed by atoms with E-state index >= 15 is 0 Å². The van der Waals surface area contributed by atoms with E-state index in [9.17, 15) is 14.5 Å². The Hall–Kier alpha value is -3.69. The van der Waals surface area contributed by atoms with Gasteiger partial charge in [0.15, 0.2) is 0 Å². The highest BCUT2D eigenvalue weighted by atomic mass is 16.3. The summed E-state index contributed by atoms with van der Waals surface area (Å²) in [6.45, 7) is 0.928. The van der Waals surface area contributed by atoms with E-state index in [1.165, 1.54) is 7.05 Å². The Morgan fingerprint density at radius 1 is 1.18 bits per heavy atom. The topological polar surface area (TPSA) is 135 Å². The van der Waals surface area contributed by atoms with Crippen molar-refractivity contribution in [3.63, 3.8) is 0 Å². The Morgan fingerprint density at radius 3 is 2.71 bits per heavy atom. The first-order valence-corrected chi connectivity index (χ1v) is 8.75. The molecule has 0 bridgehead atoms. The summed E-state index contributed by atoms with van der Waals surface area (Å²) in [4.78, 5) is 37.9. The van der Waals surface area contributed by atoms with Gasteiger partial charge in [-0.15, -0.1) is 4.91 Å². The molecular formula is C18H21N7O3. The summed E-state index contributed by atoms with van der Waals surface area (Å²) in [7, 11) is 1.25. The lowest BCUT2D eigenvalue weighted by atomic mass is 10.2. The van der Waals surface area contributed by atoms with Gasteiger partial charge in [-0.05, 0) is 12.1 Å². The van der Waals surface area contributed by atoms with Crippen molar-refractivity contribution in [2.75, 3.05) is 25.9 Å². The number of aromatic nitrogens is 2. The molecular weight excluding hydrogens is 362 g/mol. The zero-order chi connectivity index (χ0) is 20.1. The van der Waals surface area contributed by atoms with Gasteiger partial charge in [0, 0.05) is 49.4 Å². The number of benzene rings is 1. The van der Waals surface area contributed by atoms with Crippen LogP contribution >= 0.6 is 0 Å². The van der Waals surface area contributed by atoms with E-state index in [4.69, 9.17) is 5.73 Å². The summed E-state index contributed by atoms with van der Waals surface area (Å²) in [5.41, 5.74) is 7.75. The van der Waals surface area contributed by atoms with Crippen molar-refractivity contribution in [3.8, 4) is 0 Å². The molecule has 0 aliphatic carbocycles. The normalized spacial score (nSPS) is 10.8. The molecule has 146 valence electrons. The fourth-order valence-corrected chi connectivity index (χ4v) is 3.03. The molecule has 0 fully saturated rings. The van der Waals surface area contributed by atoms with E-state index in [0.717, 1.165) is 21.8 Å². The Labute approximate surface area is 160 Å². The number of para-hydroxylation sites is 1. The molecule has 3 aromatic rings. The lowest BCUT2D eigenvalue weighted by Crippen LogP contribution is -2.39. The molecule has 1 aromatic carbocycles. The predicted molar refractivity (Wildman–Crippen MR) is 106 cm³/mol. The summed E-state index contributed by atoms with van der Waals surface area (Å²) in [5, 5.41) is 10.4. The van der Waals surface area contributed by atoms with Crippen LogP contribution in [-0.4, -0.2) is 46.6 Å². The summed E-state index contributed by atoms with van der Waals surface area (Å²) in [6.07, 6.45) is 1.98. The van der Waals surface area contributed by atoms with Crippen LogP contribution in [0.4, 0.5) is 10.6 Å². The number of aryl methyl sites for hydroxylation is 1. The zero-order valence-electron chi connectivity index (χ0n) is 15.4. The van der Waals surface area contributed by atoms with Gasteiger partial charge < -0.3 is 20.9 Å². The third kappa shape index (κ3) is 4.00. The van der Waals surface area contributed by atoms with Gasteiger partial charge in [-0.1, -0.05) is 18.2 Å². The van der Waals surface area contributed by atoms with Gasteiger partial charge in [0.05, 0.1) is 17.0 Å². The molecule has 10 nitrogen and oxygen atoms in total. The minimum Gasteiger partial charge on any atom is -0.384 e. The van der Waals surface area contributed by atoms with Gasteiger partial charge in [0.2, 0.25) is 5.91 Å². The maximum atomic E-state index is 12.1. The number of anilines is 1. The number of nitrogens with one attached hydrogen (secondary N) is 2. The number of nitrogens with zero attached hydrogens (tertiary/aromatic N) is 4. The quantitative estimate of drug-likeness (QED) is 0.324. The van der Waals surface area contributed by atoms with E-state index in [1.54, 1.807) is 6.20 Å². The highest BCUT2D eigenvalue weighted by molar-refractivity contribution is 6.08. The average Bonchev–Trinajstić information content (AvgIpc) is 3.01. The Bertz CT molecular complexity index is 1030. The number of rotatable bonds is 7. The number of nitroso groups, excluding NO2 is 1. The molecule has 0 saturated carbocycles. The van der Waals surface area contributed by atoms with Gasteiger partial charge in [-0.2, -0.15) is 5.01 Å². The maximum Gasteiger partial charge on any atom is 0.340 e. The van der Waals surface area contributed by atoms with Crippen LogP contribution in [0.15, 0.2) is 41.8 Å². The van der Waals surface area contributed by atoms with E-state index in [-0.39, 0.29) is 25.4 Å². The van der Waals surface area contributed by atoms with Gasteiger partial charge >= 0.3 is 6.03 Å². The van der Waals surface area contributed by atoms with Crippen LogP contribution < -0.4 is 16.4 Å². The van der Waals surface area contributed by atoms with Crippen LogP contribution in [0.2, 0.25) is 0 Å². The van der Waals surface area contributed by atoms with Crippen LogP contribution in [-0.2, 0) is 11.3 Å². The fourth-order valence-electron chi connectivity index (χ4n) is 3.03. The number of urea groups is 1. The first-order chi connectivity index (χ1) is 13.5. The van der Waals surface area contributed by atoms with E-state index < -0.39 is 6.03 Å². The molecule has 3 amide bonds. The molecule has 2 heterocycles. The second kappa shape index (κ2) is 8.33.